The van der Waals surface area contributed by atoms with Crippen LogP contribution in [0.4, 0.5) is 11.4 Å². The summed E-state index contributed by atoms with van der Waals surface area (Å²) in [6.45, 7) is 2.10. The van der Waals surface area contributed by atoms with Gasteiger partial charge in [-0.3, -0.25) is 24.6 Å². The first-order valence-electron chi connectivity index (χ1n) is 9.67. The largest absolute Gasteiger partial charge is 0.350 e. The number of carbonyl (C=O) groups is 2. The first-order chi connectivity index (χ1) is 14.9. The van der Waals surface area contributed by atoms with Gasteiger partial charge in [-0.05, 0) is 42.3 Å². The number of rotatable bonds is 6. The van der Waals surface area contributed by atoms with Crippen LogP contribution < -0.4 is 5.32 Å². The predicted octanol–water partition coefficient (Wildman–Crippen LogP) is 4.30. The van der Waals surface area contributed by atoms with Crippen LogP contribution in [0.15, 0.2) is 84.6 Å². The number of aryl methyl sites for hydroxylation is 1. The molecule has 7 heteroatoms. The molecule has 0 unspecified atom stereocenters. The van der Waals surface area contributed by atoms with E-state index in [0.717, 1.165) is 11.1 Å². The number of para-hydroxylation sites is 1. The molecule has 0 saturated heterocycles. The van der Waals surface area contributed by atoms with Crippen molar-refractivity contribution >= 4 is 28.8 Å². The molecule has 1 aliphatic rings. The second-order valence-corrected chi connectivity index (χ2v) is 7.23. The fraction of sp³-hybridized carbons (Fsp3) is 0.0833. The average Bonchev–Trinajstić information content (AvgIpc) is 3.00. The second kappa shape index (κ2) is 8.23. The van der Waals surface area contributed by atoms with Crippen molar-refractivity contribution in [3.05, 3.63) is 111 Å². The lowest BCUT2D eigenvalue weighted by Gasteiger charge is -2.15. The van der Waals surface area contributed by atoms with Crippen molar-refractivity contribution in [3.63, 3.8) is 0 Å². The zero-order valence-electron chi connectivity index (χ0n) is 16.7. The number of anilines is 1. The second-order valence-electron chi connectivity index (χ2n) is 7.23. The zero-order chi connectivity index (χ0) is 22.0. The number of carbonyl (C=O) groups excluding carboxylic acids is 2. The van der Waals surface area contributed by atoms with Crippen LogP contribution in [-0.4, -0.2) is 21.6 Å². The average molecular weight is 413 g/mol. The van der Waals surface area contributed by atoms with Gasteiger partial charge in [0, 0.05) is 17.8 Å². The number of nitrogens with zero attached hydrogens (tertiary/aromatic N) is 2. The van der Waals surface area contributed by atoms with Gasteiger partial charge in [0.1, 0.15) is 5.70 Å². The molecule has 4 rings (SSSR count). The molecule has 0 spiro atoms. The molecule has 0 fully saturated rings. The molecule has 1 aliphatic heterocycles. The highest BCUT2D eigenvalue weighted by molar-refractivity contribution is 6.36. The Bertz CT molecular complexity index is 1180. The van der Waals surface area contributed by atoms with Gasteiger partial charge >= 0.3 is 0 Å². The van der Waals surface area contributed by atoms with E-state index in [1.165, 1.54) is 29.2 Å². The first kappa shape index (κ1) is 20.0. The molecule has 1 heterocycles. The molecule has 31 heavy (non-hydrogen) atoms. The summed E-state index contributed by atoms with van der Waals surface area (Å²) in [5, 5.41) is 14.1. The van der Waals surface area contributed by atoms with Crippen molar-refractivity contribution in [2.24, 2.45) is 0 Å². The number of hydrogen-bond donors (Lipinski definition) is 1. The highest BCUT2D eigenvalue weighted by Crippen LogP contribution is 2.32. The number of non-ortho nitro benzene ring substituents is 1. The Morgan fingerprint density at radius 3 is 2.13 bits per heavy atom. The SMILES string of the molecule is Cc1ccc(CN2C(=O)C(Nc3ccccc3)=C(c3ccc([N+](=O)[O-])cc3)C2=O)cc1. The lowest BCUT2D eigenvalue weighted by atomic mass is 10.0. The Hall–Kier alpha value is -4.26. The van der Waals surface area contributed by atoms with Gasteiger partial charge in [-0.2, -0.15) is 0 Å². The van der Waals surface area contributed by atoms with E-state index in [1.807, 2.05) is 49.4 Å². The van der Waals surface area contributed by atoms with Gasteiger partial charge in [-0.1, -0.05) is 48.0 Å². The van der Waals surface area contributed by atoms with Crippen LogP contribution >= 0.6 is 0 Å². The molecule has 0 bridgehead atoms. The Morgan fingerprint density at radius 1 is 0.871 bits per heavy atom. The van der Waals surface area contributed by atoms with Crippen molar-refractivity contribution < 1.29 is 14.5 Å². The monoisotopic (exact) mass is 413 g/mol. The summed E-state index contributed by atoms with van der Waals surface area (Å²) >= 11 is 0. The van der Waals surface area contributed by atoms with Crippen LogP contribution in [0.2, 0.25) is 0 Å². The number of nitro benzene ring substituents is 1. The van der Waals surface area contributed by atoms with E-state index >= 15 is 0 Å². The van der Waals surface area contributed by atoms with Crippen LogP contribution in [0.5, 0.6) is 0 Å². The van der Waals surface area contributed by atoms with Gasteiger partial charge in [0.15, 0.2) is 0 Å². The minimum absolute atomic E-state index is 0.0878. The summed E-state index contributed by atoms with van der Waals surface area (Å²) in [7, 11) is 0. The van der Waals surface area contributed by atoms with E-state index < -0.39 is 16.7 Å². The molecule has 0 aliphatic carbocycles. The zero-order valence-corrected chi connectivity index (χ0v) is 16.7. The molecule has 2 amide bonds. The first-order valence-corrected chi connectivity index (χ1v) is 9.67. The molecule has 0 atom stereocenters. The smallest absolute Gasteiger partial charge is 0.278 e. The Balaban J connectivity index is 1.73. The number of amides is 2. The molecule has 3 aromatic rings. The summed E-state index contributed by atoms with van der Waals surface area (Å²) < 4.78 is 0. The topological polar surface area (TPSA) is 92.6 Å². The predicted molar refractivity (Wildman–Crippen MR) is 117 cm³/mol. The number of nitrogens with one attached hydrogen (secondary N) is 1. The maximum Gasteiger partial charge on any atom is 0.278 e. The third-order valence-corrected chi connectivity index (χ3v) is 5.04. The summed E-state index contributed by atoms with van der Waals surface area (Å²) in [6.07, 6.45) is 0. The van der Waals surface area contributed by atoms with E-state index in [1.54, 1.807) is 12.1 Å². The van der Waals surface area contributed by atoms with Crippen molar-refractivity contribution in [1.29, 1.82) is 0 Å². The highest BCUT2D eigenvalue weighted by atomic mass is 16.6. The molecule has 0 saturated carbocycles. The molecule has 154 valence electrons. The van der Waals surface area contributed by atoms with Crippen LogP contribution in [0.25, 0.3) is 5.57 Å². The minimum Gasteiger partial charge on any atom is -0.350 e. The molecule has 1 N–H and O–H groups in total. The van der Waals surface area contributed by atoms with Gasteiger partial charge in [-0.25, -0.2) is 0 Å². The Kier molecular flexibility index (Phi) is 5.32. The maximum absolute atomic E-state index is 13.3. The molecule has 3 aromatic carbocycles. The number of hydrogen-bond acceptors (Lipinski definition) is 5. The molecular formula is C24H19N3O4. The minimum atomic E-state index is -0.507. The number of nitro groups is 1. The van der Waals surface area contributed by atoms with Crippen LogP contribution in [0.3, 0.4) is 0 Å². The van der Waals surface area contributed by atoms with Crippen LogP contribution in [-0.2, 0) is 16.1 Å². The van der Waals surface area contributed by atoms with Crippen molar-refractivity contribution in [1.82, 2.24) is 4.90 Å². The summed E-state index contributed by atoms with van der Waals surface area (Å²) in [5.41, 5.74) is 3.27. The third kappa shape index (κ3) is 4.06. The van der Waals surface area contributed by atoms with E-state index in [0.29, 0.717) is 11.3 Å². The normalized spacial score (nSPS) is 13.6. The van der Waals surface area contributed by atoms with Crippen LogP contribution in [0, 0.1) is 17.0 Å². The van der Waals surface area contributed by atoms with Crippen molar-refractivity contribution in [2.75, 3.05) is 5.32 Å². The fourth-order valence-corrected chi connectivity index (χ4v) is 3.40. The van der Waals surface area contributed by atoms with Crippen LogP contribution in [0.1, 0.15) is 16.7 Å². The molecular weight excluding hydrogens is 394 g/mol. The van der Waals surface area contributed by atoms with Gasteiger partial charge < -0.3 is 5.32 Å². The van der Waals surface area contributed by atoms with Crippen molar-refractivity contribution in [3.8, 4) is 0 Å². The standard InChI is InChI=1S/C24H19N3O4/c1-16-7-9-17(10-8-16)15-26-23(28)21(18-11-13-20(14-12-18)27(30)31)22(24(26)29)25-19-5-3-2-4-6-19/h2-14,25H,15H2,1H3. The fourth-order valence-electron chi connectivity index (χ4n) is 3.40. The van der Waals surface area contributed by atoms with E-state index in [-0.39, 0.29) is 23.5 Å². The quantitative estimate of drug-likeness (QED) is 0.370. The Labute approximate surface area is 178 Å². The van der Waals surface area contributed by atoms with Gasteiger partial charge in [-0.15, -0.1) is 0 Å². The molecule has 0 aromatic heterocycles. The van der Waals surface area contributed by atoms with Gasteiger partial charge in [0.25, 0.3) is 17.5 Å². The number of benzene rings is 3. The van der Waals surface area contributed by atoms with Crippen molar-refractivity contribution in [2.45, 2.75) is 13.5 Å². The Morgan fingerprint density at radius 2 is 1.52 bits per heavy atom. The molecule has 0 radical (unpaired) electrons. The van der Waals surface area contributed by atoms with E-state index in [2.05, 4.69) is 5.32 Å². The van der Waals surface area contributed by atoms with Gasteiger partial charge in [0.2, 0.25) is 0 Å². The lowest BCUT2D eigenvalue weighted by Crippen LogP contribution is -2.32. The van der Waals surface area contributed by atoms with E-state index in [9.17, 15) is 19.7 Å². The third-order valence-electron chi connectivity index (χ3n) is 5.04. The number of imide groups is 1. The highest BCUT2D eigenvalue weighted by Gasteiger charge is 2.39. The summed E-state index contributed by atoms with van der Waals surface area (Å²) in [6, 6.07) is 22.3. The van der Waals surface area contributed by atoms with E-state index in [4.69, 9.17) is 0 Å². The summed E-state index contributed by atoms with van der Waals surface area (Å²) in [4.78, 5) is 38.2. The van der Waals surface area contributed by atoms with Gasteiger partial charge in [0.05, 0.1) is 17.0 Å². The maximum atomic E-state index is 13.3. The summed E-state index contributed by atoms with van der Waals surface area (Å²) in [5.74, 6) is -0.888. The molecule has 7 nitrogen and oxygen atoms in total. The lowest BCUT2D eigenvalue weighted by molar-refractivity contribution is -0.384.